The van der Waals surface area contributed by atoms with Crippen LogP contribution < -0.4 is 4.90 Å². The molecule has 1 unspecified atom stereocenters. The second kappa shape index (κ2) is 12.8. The number of anilines is 2. The summed E-state index contributed by atoms with van der Waals surface area (Å²) in [6.07, 6.45) is 7.91. The van der Waals surface area contributed by atoms with E-state index in [-0.39, 0.29) is 6.04 Å². The molecule has 2 aromatic heterocycles. The molecule has 11 rings (SSSR count). The van der Waals surface area contributed by atoms with Gasteiger partial charge in [-0.15, -0.1) is 0 Å². The van der Waals surface area contributed by atoms with Crippen molar-refractivity contribution >= 4 is 71.6 Å². The zero-order chi connectivity index (χ0) is 36.3. The lowest BCUT2D eigenvalue weighted by Crippen LogP contribution is -2.30. The largest absolute Gasteiger partial charge is 0.456 e. The Kier molecular flexibility index (Phi) is 7.31. The van der Waals surface area contributed by atoms with Crippen molar-refractivity contribution in [3.05, 3.63) is 200 Å². The van der Waals surface area contributed by atoms with Gasteiger partial charge in [-0.25, -0.2) is 0 Å². The Hall–Kier alpha value is -7.10. The lowest BCUT2D eigenvalue weighted by atomic mass is 9.92. The average molecular weight is 706 g/mol. The van der Waals surface area contributed by atoms with Gasteiger partial charge in [0.05, 0.1) is 6.04 Å². The fourth-order valence-electron chi connectivity index (χ4n) is 8.58. The number of furan rings is 2. The molecule has 3 nitrogen and oxygen atoms in total. The summed E-state index contributed by atoms with van der Waals surface area (Å²) >= 11 is 0. The minimum Gasteiger partial charge on any atom is -0.456 e. The van der Waals surface area contributed by atoms with Crippen LogP contribution in [0.25, 0.3) is 82.5 Å². The fraction of sp³-hybridized carbons (Fsp3) is 0.0385. The summed E-state index contributed by atoms with van der Waals surface area (Å²) in [6, 6.07) is 62.8. The molecule has 1 atom stereocenters. The highest BCUT2D eigenvalue weighted by atomic mass is 16.3. The summed E-state index contributed by atoms with van der Waals surface area (Å²) in [6.45, 7) is 0. The van der Waals surface area contributed by atoms with Gasteiger partial charge < -0.3 is 13.7 Å². The standard InChI is InChI=1S/C52H35NO2/c1-2-14-41-35(11-1)12-9-20-48(41)53(38-28-23-34(24-29-38)37-27-32-51-47(33-37)44-17-6-7-21-49(44)54-51)39-30-25-36(26-31-39)40-13-3-4-15-42(40)45-18-10-19-46-43-16-5-8-22-50(43)55-52(45)46/h1-28,30-33,38H,29H2. The van der Waals surface area contributed by atoms with Gasteiger partial charge in [0, 0.05) is 43.9 Å². The fourth-order valence-corrected chi connectivity index (χ4v) is 8.58. The number of fused-ring (bicyclic) bond motifs is 7. The lowest BCUT2D eigenvalue weighted by Gasteiger charge is -2.34. The van der Waals surface area contributed by atoms with Crippen LogP contribution in [0.3, 0.4) is 0 Å². The van der Waals surface area contributed by atoms with Crippen LogP contribution in [0.15, 0.2) is 203 Å². The summed E-state index contributed by atoms with van der Waals surface area (Å²) in [5.41, 5.74) is 13.0. The maximum atomic E-state index is 6.48. The summed E-state index contributed by atoms with van der Waals surface area (Å²) < 4.78 is 12.6. The van der Waals surface area contributed by atoms with Crippen molar-refractivity contribution < 1.29 is 8.83 Å². The quantitative estimate of drug-likeness (QED) is 0.172. The number of para-hydroxylation sites is 3. The molecule has 8 aromatic carbocycles. The molecule has 0 bridgehead atoms. The SMILES string of the molecule is C1=CC(N(c2ccc(-c3ccccc3-c3cccc4c3oc3ccccc34)cc2)c2cccc3ccccc23)CC=C1c1ccc2oc3ccccc3c2c1. The third-order valence-corrected chi connectivity index (χ3v) is 11.2. The highest BCUT2D eigenvalue weighted by molar-refractivity contribution is 6.11. The molecular weight excluding hydrogens is 671 g/mol. The van der Waals surface area contributed by atoms with E-state index in [2.05, 4.69) is 175 Å². The first kappa shape index (κ1) is 31.4. The summed E-state index contributed by atoms with van der Waals surface area (Å²) in [4.78, 5) is 2.50. The molecule has 0 saturated carbocycles. The molecule has 10 aromatic rings. The Morgan fingerprint density at radius 2 is 1.07 bits per heavy atom. The summed E-state index contributed by atoms with van der Waals surface area (Å²) in [7, 11) is 0. The van der Waals surface area contributed by atoms with E-state index in [1.807, 2.05) is 24.3 Å². The van der Waals surface area contributed by atoms with E-state index in [4.69, 9.17) is 8.83 Å². The van der Waals surface area contributed by atoms with Crippen LogP contribution in [0.5, 0.6) is 0 Å². The number of benzene rings is 8. The normalized spacial score (nSPS) is 14.3. The van der Waals surface area contributed by atoms with E-state index >= 15 is 0 Å². The van der Waals surface area contributed by atoms with Crippen LogP contribution in [-0.2, 0) is 0 Å². The second-order valence-corrected chi connectivity index (χ2v) is 14.4. The third kappa shape index (κ3) is 5.27. The molecule has 2 heterocycles. The molecule has 55 heavy (non-hydrogen) atoms. The number of hydrogen-bond donors (Lipinski definition) is 0. The average Bonchev–Trinajstić information content (AvgIpc) is 3.83. The number of hydrogen-bond acceptors (Lipinski definition) is 3. The molecule has 260 valence electrons. The van der Waals surface area contributed by atoms with E-state index in [1.54, 1.807) is 0 Å². The molecule has 3 heteroatoms. The molecule has 1 aliphatic carbocycles. The van der Waals surface area contributed by atoms with Crippen LogP contribution >= 0.6 is 0 Å². The highest BCUT2D eigenvalue weighted by Crippen LogP contribution is 2.42. The predicted octanol–water partition coefficient (Wildman–Crippen LogP) is 14.5. The minimum atomic E-state index is 0.122. The van der Waals surface area contributed by atoms with Crippen molar-refractivity contribution in [1.82, 2.24) is 0 Å². The van der Waals surface area contributed by atoms with Gasteiger partial charge in [-0.3, -0.25) is 0 Å². The molecule has 1 aliphatic rings. The van der Waals surface area contributed by atoms with Crippen LogP contribution in [0, 0.1) is 0 Å². The van der Waals surface area contributed by atoms with Crippen molar-refractivity contribution in [2.75, 3.05) is 4.90 Å². The molecule has 0 spiro atoms. The first-order chi connectivity index (χ1) is 27.3. The van der Waals surface area contributed by atoms with Crippen LogP contribution in [0.1, 0.15) is 12.0 Å². The Balaban J connectivity index is 0.972. The first-order valence-electron chi connectivity index (χ1n) is 18.9. The number of rotatable bonds is 6. The second-order valence-electron chi connectivity index (χ2n) is 14.4. The van der Waals surface area contributed by atoms with Crippen LogP contribution in [0.2, 0.25) is 0 Å². The Bertz CT molecular complexity index is 3130. The molecule has 0 aliphatic heterocycles. The zero-order valence-electron chi connectivity index (χ0n) is 30.0. The Labute approximate surface area is 318 Å². The van der Waals surface area contributed by atoms with Crippen LogP contribution in [0.4, 0.5) is 11.4 Å². The van der Waals surface area contributed by atoms with Gasteiger partial charge in [-0.05, 0) is 82.1 Å². The predicted molar refractivity (Wildman–Crippen MR) is 230 cm³/mol. The van der Waals surface area contributed by atoms with Gasteiger partial charge in [-0.1, -0.05) is 152 Å². The maximum Gasteiger partial charge on any atom is 0.143 e. The molecular formula is C52H35NO2. The lowest BCUT2D eigenvalue weighted by molar-refractivity contribution is 0.669. The van der Waals surface area contributed by atoms with Crippen LogP contribution in [-0.4, -0.2) is 6.04 Å². The monoisotopic (exact) mass is 705 g/mol. The minimum absolute atomic E-state index is 0.122. The van der Waals surface area contributed by atoms with Gasteiger partial charge in [0.25, 0.3) is 0 Å². The highest BCUT2D eigenvalue weighted by Gasteiger charge is 2.23. The van der Waals surface area contributed by atoms with Gasteiger partial charge in [0.2, 0.25) is 0 Å². The van der Waals surface area contributed by atoms with E-state index < -0.39 is 0 Å². The van der Waals surface area contributed by atoms with Gasteiger partial charge in [-0.2, -0.15) is 0 Å². The van der Waals surface area contributed by atoms with Crippen molar-refractivity contribution in [3.63, 3.8) is 0 Å². The summed E-state index contributed by atoms with van der Waals surface area (Å²) in [5, 5.41) is 7.04. The van der Waals surface area contributed by atoms with Crippen molar-refractivity contribution in [2.45, 2.75) is 12.5 Å². The topological polar surface area (TPSA) is 29.5 Å². The molecule has 0 N–H and O–H groups in total. The zero-order valence-corrected chi connectivity index (χ0v) is 30.0. The number of allylic oxidation sites excluding steroid dienone is 2. The van der Waals surface area contributed by atoms with Gasteiger partial charge >= 0.3 is 0 Å². The van der Waals surface area contributed by atoms with Gasteiger partial charge in [0.15, 0.2) is 0 Å². The smallest absolute Gasteiger partial charge is 0.143 e. The Morgan fingerprint density at radius 3 is 1.89 bits per heavy atom. The molecule has 0 fully saturated rings. The van der Waals surface area contributed by atoms with E-state index in [1.165, 1.54) is 33.2 Å². The molecule has 0 radical (unpaired) electrons. The molecule has 0 saturated heterocycles. The first-order valence-corrected chi connectivity index (χ1v) is 18.9. The van der Waals surface area contributed by atoms with Crippen molar-refractivity contribution in [1.29, 1.82) is 0 Å². The van der Waals surface area contributed by atoms with Crippen molar-refractivity contribution in [3.8, 4) is 22.3 Å². The van der Waals surface area contributed by atoms with Crippen molar-refractivity contribution in [2.24, 2.45) is 0 Å². The maximum absolute atomic E-state index is 6.48. The third-order valence-electron chi connectivity index (χ3n) is 11.2. The van der Waals surface area contributed by atoms with E-state index in [9.17, 15) is 0 Å². The number of nitrogens with zero attached hydrogens (tertiary/aromatic N) is 1. The summed E-state index contributed by atoms with van der Waals surface area (Å²) in [5.74, 6) is 0. The van der Waals surface area contributed by atoms with Gasteiger partial charge in [0.1, 0.15) is 22.3 Å². The molecule has 0 amide bonds. The van der Waals surface area contributed by atoms with E-state index in [0.29, 0.717) is 0 Å². The Morgan fingerprint density at radius 1 is 0.455 bits per heavy atom. The van der Waals surface area contributed by atoms with E-state index in [0.717, 1.165) is 72.7 Å².